The van der Waals surface area contributed by atoms with Crippen LogP contribution in [0.2, 0.25) is 0 Å². The number of carboxylic acids is 1. The van der Waals surface area contributed by atoms with E-state index < -0.39 is 18.1 Å². The summed E-state index contributed by atoms with van der Waals surface area (Å²) in [5.74, 6) is -1.27. The summed E-state index contributed by atoms with van der Waals surface area (Å²) in [6.07, 6.45) is -1.03. The Kier molecular flexibility index (Phi) is 4.05. The minimum absolute atomic E-state index is 0.0233. The van der Waals surface area contributed by atoms with E-state index in [-0.39, 0.29) is 17.9 Å². The van der Waals surface area contributed by atoms with Crippen LogP contribution in [0.4, 0.5) is 0 Å². The molecule has 0 spiro atoms. The van der Waals surface area contributed by atoms with Crippen molar-refractivity contribution in [2.24, 2.45) is 0 Å². The van der Waals surface area contributed by atoms with Crippen molar-refractivity contribution < 1.29 is 19.4 Å². The van der Waals surface area contributed by atoms with Gasteiger partial charge in [-0.25, -0.2) is 4.79 Å². The molecule has 0 aliphatic carbocycles. The highest BCUT2D eigenvalue weighted by Gasteiger charge is 2.40. The van der Waals surface area contributed by atoms with Crippen LogP contribution in [-0.2, 0) is 19.7 Å². The largest absolute Gasteiger partial charge is 0.479 e. The number of benzene rings is 1. The van der Waals surface area contributed by atoms with E-state index in [2.05, 4.69) is 20.8 Å². The molecule has 2 atom stereocenters. The average Bonchev–Trinajstić information content (AvgIpc) is 2.40. The van der Waals surface area contributed by atoms with Crippen molar-refractivity contribution in [3.05, 3.63) is 35.4 Å². The van der Waals surface area contributed by atoms with Crippen LogP contribution in [0.5, 0.6) is 0 Å². The molecule has 5 heteroatoms. The topological polar surface area (TPSA) is 66.8 Å². The van der Waals surface area contributed by atoms with Gasteiger partial charge in [0.05, 0.1) is 6.04 Å². The number of carbonyl (C=O) groups excluding carboxylic acids is 1. The Morgan fingerprint density at radius 3 is 2.33 bits per heavy atom. The molecule has 2 unspecified atom stereocenters. The number of hydrogen-bond donors (Lipinski definition) is 1. The highest BCUT2D eigenvalue weighted by atomic mass is 16.5. The van der Waals surface area contributed by atoms with Crippen LogP contribution in [-0.4, -0.2) is 41.6 Å². The number of nitrogens with zero attached hydrogens (tertiary/aromatic N) is 1. The lowest BCUT2D eigenvalue weighted by molar-refractivity contribution is -0.171. The third-order valence-electron chi connectivity index (χ3n) is 3.85. The summed E-state index contributed by atoms with van der Waals surface area (Å²) in [5.41, 5.74) is 1.95. The molecule has 114 valence electrons. The maximum atomic E-state index is 11.8. The fourth-order valence-corrected chi connectivity index (χ4v) is 2.50. The molecular formula is C16H21NO4. The van der Waals surface area contributed by atoms with Crippen molar-refractivity contribution in [1.29, 1.82) is 0 Å². The van der Waals surface area contributed by atoms with Gasteiger partial charge in [-0.2, -0.15) is 0 Å². The second-order valence-corrected chi connectivity index (χ2v) is 6.39. The van der Waals surface area contributed by atoms with Gasteiger partial charge in [-0.1, -0.05) is 45.0 Å². The molecule has 1 heterocycles. The zero-order chi connectivity index (χ0) is 15.8. The van der Waals surface area contributed by atoms with Crippen LogP contribution in [0.25, 0.3) is 0 Å². The summed E-state index contributed by atoms with van der Waals surface area (Å²) < 4.78 is 5.20. The summed E-state index contributed by atoms with van der Waals surface area (Å²) in [5, 5.41) is 9.29. The Labute approximate surface area is 124 Å². The van der Waals surface area contributed by atoms with Crippen LogP contribution in [0.15, 0.2) is 24.3 Å². The molecule has 0 bridgehead atoms. The number of carboxylic acid groups (broad SMARTS) is 1. The number of likely N-dealkylation sites (N-methyl/N-ethyl adjacent to an activating group) is 1. The van der Waals surface area contributed by atoms with Crippen molar-refractivity contribution in [2.75, 3.05) is 13.7 Å². The van der Waals surface area contributed by atoms with Gasteiger partial charge in [-0.05, 0) is 16.5 Å². The Morgan fingerprint density at radius 2 is 1.86 bits per heavy atom. The van der Waals surface area contributed by atoms with E-state index in [1.165, 1.54) is 4.90 Å². The maximum Gasteiger partial charge on any atom is 0.335 e. The standard InChI is InChI=1S/C16H21NO4/c1-16(2,3)11-7-5-10(6-8-11)13-14(15(19)20)21-9-12(18)17(13)4/h5-8,13-14H,9H2,1-4H3,(H,19,20). The first-order chi connectivity index (χ1) is 9.71. The predicted molar refractivity (Wildman–Crippen MR) is 78.0 cm³/mol. The van der Waals surface area contributed by atoms with Gasteiger partial charge in [-0.3, -0.25) is 4.79 Å². The summed E-state index contributed by atoms with van der Waals surface area (Å²) in [4.78, 5) is 24.6. The third kappa shape index (κ3) is 3.08. The van der Waals surface area contributed by atoms with Crippen LogP contribution < -0.4 is 0 Å². The second-order valence-electron chi connectivity index (χ2n) is 6.39. The van der Waals surface area contributed by atoms with Gasteiger partial charge in [-0.15, -0.1) is 0 Å². The van der Waals surface area contributed by atoms with Gasteiger partial charge in [0.25, 0.3) is 0 Å². The van der Waals surface area contributed by atoms with E-state index in [0.717, 1.165) is 11.1 Å². The first-order valence-electron chi connectivity index (χ1n) is 6.92. The van der Waals surface area contributed by atoms with E-state index >= 15 is 0 Å². The van der Waals surface area contributed by atoms with Crippen LogP contribution in [0.3, 0.4) is 0 Å². The maximum absolute atomic E-state index is 11.8. The third-order valence-corrected chi connectivity index (χ3v) is 3.85. The Balaban J connectivity index is 2.36. The van der Waals surface area contributed by atoms with Crippen LogP contribution >= 0.6 is 0 Å². The zero-order valence-corrected chi connectivity index (χ0v) is 12.8. The highest BCUT2D eigenvalue weighted by Crippen LogP contribution is 2.31. The molecule has 21 heavy (non-hydrogen) atoms. The van der Waals surface area contributed by atoms with Gasteiger partial charge < -0.3 is 14.7 Å². The number of morpholine rings is 1. The Hall–Kier alpha value is -1.88. The smallest absolute Gasteiger partial charge is 0.335 e. The van der Waals surface area contributed by atoms with Gasteiger partial charge >= 0.3 is 5.97 Å². The molecule has 1 amide bonds. The molecule has 1 aromatic carbocycles. The predicted octanol–water partition coefficient (Wildman–Crippen LogP) is 1.97. The highest BCUT2D eigenvalue weighted by molar-refractivity contribution is 5.82. The van der Waals surface area contributed by atoms with Crippen molar-refractivity contribution in [3.63, 3.8) is 0 Å². The second kappa shape index (κ2) is 5.48. The lowest BCUT2D eigenvalue weighted by atomic mass is 9.85. The number of amides is 1. The quantitative estimate of drug-likeness (QED) is 0.904. The molecule has 0 saturated carbocycles. The van der Waals surface area contributed by atoms with Gasteiger partial charge in [0.15, 0.2) is 6.10 Å². The van der Waals surface area contributed by atoms with E-state index in [1.807, 2.05) is 24.3 Å². The Bertz CT molecular complexity index is 544. The molecule has 1 fully saturated rings. The fourth-order valence-electron chi connectivity index (χ4n) is 2.50. The number of rotatable bonds is 2. The minimum Gasteiger partial charge on any atom is -0.479 e. The van der Waals surface area contributed by atoms with Crippen LogP contribution in [0.1, 0.15) is 37.9 Å². The van der Waals surface area contributed by atoms with E-state index in [1.54, 1.807) is 7.05 Å². The number of aliphatic carboxylic acids is 1. The summed E-state index contributed by atoms with van der Waals surface area (Å²) in [6.45, 7) is 6.15. The lowest BCUT2D eigenvalue weighted by Crippen LogP contribution is -2.50. The lowest BCUT2D eigenvalue weighted by Gasteiger charge is -2.37. The molecule has 1 aliphatic heterocycles. The summed E-state index contributed by atoms with van der Waals surface area (Å²) >= 11 is 0. The molecule has 2 rings (SSSR count). The summed E-state index contributed by atoms with van der Waals surface area (Å²) in [7, 11) is 1.61. The molecule has 0 aromatic heterocycles. The van der Waals surface area contributed by atoms with Crippen molar-refractivity contribution in [3.8, 4) is 0 Å². The van der Waals surface area contributed by atoms with Crippen LogP contribution in [0, 0.1) is 0 Å². The van der Waals surface area contributed by atoms with Gasteiger partial charge in [0, 0.05) is 7.05 Å². The van der Waals surface area contributed by atoms with Crippen molar-refractivity contribution >= 4 is 11.9 Å². The van der Waals surface area contributed by atoms with E-state index in [0.29, 0.717) is 0 Å². The van der Waals surface area contributed by atoms with Crippen molar-refractivity contribution in [1.82, 2.24) is 4.90 Å². The molecule has 5 nitrogen and oxygen atoms in total. The van der Waals surface area contributed by atoms with Gasteiger partial charge in [0.2, 0.25) is 5.91 Å². The van der Waals surface area contributed by atoms with Gasteiger partial charge in [0.1, 0.15) is 6.61 Å². The number of ether oxygens (including phenoxy) is 1. The average molecular weight is 291 g/mol. The van der Waals surface area contributed by atoms with E-state index in [9.17, 15) is 14.7 Å². The first kappa shape index (κ1) is 15.5. The minimum atomic E-state index is -1.06. The summed E-state index contributed by atoms with van der Waals surface area (Å²) in [6, 6.07) is 7.10. The normalized spacial score (nSPS) is 23.2. The van der Waals surface area contributed by atoms with E-state index in [4.69, 9.17) is 4.74 Å². The van der Waals surface area contributed by atoms with Crippen molar-refractivity contribution in [2.45, 2.75) is 38.3 Å². The SMILES string of the molecule is CN1C(=O)COC(C(=O)O)C1c1ccc(C(C)(C)C)cc1. The first-order valence-corrected chi connectivity index (χ1v) is 6.92. The molecular weight excluding hydrogens is 270 g/mol. The Morgan fingerprint density at radius 1 is 1.29 bits per heavy atom. The zero-order valence-electron chi connectivity index (χ0n) is 12.8. The molecule has 0 radical (unpaired) electrons. The molecule has 1 saturated heterocycles. The number of hydrogen-bond acceptors (Lipinski definition) is 3. The fraction of sp³-hybridized carbons (Fsp3) is 0.500. The molecule has 1 aliphatic rings. The molecule has 1 aromatic rings. The monoisotopic (exact) mass is 291 g/mol. The molecule has 1 N–H and O–H groups in total. The number of carbonyl (C=O) groups is 2.